The van der Waals surface area contributed by atoms with Gasteiger partial charge in [-0.1, -0.05) is 20.8 Å². The van der Waals surface area contributed by atoms with Gasteiger partial charge in [0.1, 0.15) is 17.5 Å². The van der Waals surface area contributed by atoms with Crippen molar-refractivity contribution in [3.63, 3.8) is 0 Å². The predicted molar refractivity (Wildman–Crippen MR) is 89.0 cm³/mol. The molecule has 0 aromatic carbocycles. The van der Waals surface area contributed by atoms with E-state index < -0.39 is 0 Å². The second-order valence-electron chi connectivity index (χ2n) is 5.56. The number of hydrogen-bond acceptors (Lipinski definition) is 5. The molecule has 1 heterocycles. The van der Waals surface area contributed by atoms with Gasteiger partial charge in [-0.3, -0.25) is 0 Å². The number of rotatable bonds is 11. The minimum atomic E-state index is 0.694. The van der Waals surface area contributed by atoms with Crippen molar-refractivity contribution in [1.82, 2.24) is 9.97 Å². The minimum absolute atomic E-state index is 0.694. The van der Waals surface area contributed by atoms with Crippen LogP contribution in [0.2, 0.25) is 0 Å². The first-order valence-electron chi connectivity index (χ1n) is 8.09. The van der Waals surface area contributed by atoms with Gasteiger partial charge in [0.05, 0.1) is 6.61 Å². The third-order valence-electron chi connectivity index (χ3n) is 3.00. The molecule has 1 rings (SSSR count). The fourth-order valence-corrected chi connectivity index (χ4v) is 1.87. The maximum Gasteiger partial charge on any atom is 0.133 e. The van der Waals surface area contributed by atoms with Gasteiger partial charge in [-0.2, -0.15) is 0 Å². The Balaban J connectivity index is 2.41. The first-order valence-corrected chi connectivity index (χ1v) is 8.09. The summed E-state index contributed by atoms with van der Waals surface area (Å²) in [5.41, 5.74) is 0. The maximum absolute atomic E-state index is 5.60. The lowest BCUT2D eigenvalue weighted by molar-refractivity contribution is 0.132. The van der Waals surface area contributed by atoms with Crippen LogP contribution >= 0.6 is 0 Å². The summed E-state index contributed by atoms with van der Waals surface area (Å²) < 4.78 is 5.60. The highest BCUT2D eigenvalue weighted by atomic mass is 16.5. The number of aromatic nitrogens is 2. The van der Waals surface area contributed by atoms with Gasteiger partial charge in [-0.15, -0.1) is 0 Å². The van der Waals surface area contributed by atoms with Crippen molar-refractivity contribution in [1.29, 1.82) is 0 Å². The Kier molecular flexibility index (Phi) is 8.74. The van der Waals surface area contributed by atoms with Crippen molar-refractivity contribution in [3.05, 3.63) is 11.9 Å². The molecule has 1 aromatic rings. The normalized spacial score (nSPS) is 10.9. The summed E-state index contributed by atoms with van der Waals surface area (Å²) in [5, 5.41) is 6.56. The van der Waals surface area contributed by atoms with Crippen LogP contribution in [0.4, 0.5) is 11.6 Å². The quantitative estimate of drug-likeness (QED) is 0.613. The Bertz CT molecular complexity index is 372. The molecule has 120 valence electrons. The number of aryl methyl sites for hydroxylation is 1. The molecule has 0 aliphatic heterocycles. The summed E-state index contributed by atoms with van der Waals surface area (Å²) in [6, 6.07) is 1.96. The van der Waals surface area contributed by atoms with Crippen LogP contribution in [0.3, 0.4) is 0 Å². The summed E-state index contributed by atoms with van der Waals surface area (Å²) in [6.07, 6.45) is 3.06. The standard InChI is InChI=1S/C16H30N4O/c1-5-7-14-19-15(17-6-2)12-16(20-14)18-9-11-21-10-8-13(3)4/h12-13H,5-11H2,1-4H3,(H2,17,18,19,20). The Hall–Kier alpha value is -1.36. The van der Waals surface area contributed by atoms with E-state index in [9.17, 15) is 0 Å². The van der Waals surface area contributed by atoms with Crippen LogP contribution in [0.5, 0.6) is 0 Å². The molecule has 0 saturated heterocycles. The third-order valence-corrected chi connectivity index (χ3v) is 3.00. The fraction of sp³-hybridized carbons (Fsp3) is 0.750. The van der Waals surface area contributed by atoms with Crippen LogP contribution in [-0.4, -0.2) is 36.3 Å². The van der Waals surface area contributed by atoms with Gasteiger partial charge in [-0.05, 0) is 25.7 Å². The van der Waals surface area contributed by atoms with Gasteiger partial charge in [0, 0.05) is 32.2 Å². The molecule has 0 fully saturated rings. The average molecular weight is 294 g/mol. The molecule has 0 saturated carbocycles. The molecule has 0 radical (unpaired) electrons. The Morgan fingerprint density at radius 1 is 1.10 bits per heavy atom. The van der Waals surface area contributed by atoms with E-state index in [1.54, 1.807) is 0 Å². The van der Waals surface area contributed by atoms with E-state index in [2.05, 4.69) is 48.3 Å². The van der Waals surface area contributed by atoms with Crippen molar-refractivity contribution in [2.45, 2.75) is 47.0 Å². The number of nitrogens with zero attached hydrogens (tertiary/aromatic N) is 2. The van der Waals surface area contributed by atoms with Crippen LogP contribution in [0.15, 0.2) is 6.07 Å². The van der Waals surface area contributed by atoms with Crippen LogP contribution < -0.4 is 10.6 Å². The summed E-state index contributed by atoms with van der Waals surface area (Å²) in [6.45, 7) is 11.8. The van der Waals surface area contributed by atoms with Gasteiger partial charge in [0.25, 0.3) is 0 Å². The summed E-state index contributed by atoms with van der Waals surface area (Å²) >= 11 is 0. The van der Waals surface area contributed by atoms with Crippen LogP contribution in [0.1, 0.15) is 46.4 Å². The van der Waals surface area contributed by atoms with E-state index in [4.69, 9.17) is 4.74 Å². The molecule has 2 N–H and O–H groups in total. The molecular formula is C16H30N4O. The van der Waals surface area contributed by atoms with E-state index in [1.165, 1.54) is 0 Å². The Morgan fingerprint density at radius 3 is 2.43 bits per heavy atom. The lowest BCUT2D eigenvalue weighted by atomic mass is 10.1. The highest BCUT2D eigenvalue weighted by Crippen LogP contribution is 2.12. The summed E-state index contributed by atoms with van der Waals surface area (Å²) in [4.78, 5) is 9.03. The predicted octanol–water partition coefficient (Wildman–Crippen LogP) is 3.34. The van der Waals surface area contributed by atoms with Crippen LogP contribution in [-0.2, 0) is 11.2 Å². The number of anilines is 2. The highest BCUT2D eigenvalue weighted by molar-refractivity contribution is 5.47. The molecule has 0 spiro atoms. The van der Waals surface area contributed by atoms with Crippen molar-refractivity contribution >= 4 is 11.6 Å². The highest BCUT2D eigenvalue weighted by Gasteiger charge is 2.03. The summed E-state index contributed by atoms with van der Waals surface area (Å²) in [5.74, 6) is 3.34. The van der Waals surface area contributed by atoms with Gasteiger partial charge < -0.3 is 15.4 Å². The Morgan fingerprint density at radius 2 is 1.81 bits per heavy atom. The maximum atomic E-state index is 5.60. The first-order chi connectivity index (χ1) is 10.2. The third kappa shape index (κ3) is 7.85. The second kappa shape index (κ2) is 10.4. The number of nitrogens with one attached hydrogen (secondary N) is 2. The number of ether oxygens (including phenoxy) is 1. The van der Waals surface area contributed by atoms with Crippen molar-refractivity contribution in [2.24, 2.45) is 5.92 Å². The van der Waals surface area contributed by atoms with Gasteiger partial charge in [0.15, 0.2) is 0 Å². The molecule has 0 aliphatic carbocycles. The van der Waals surface area contributed by atoms with Crippen molar-refractivity contribution in [3.8, 4) is 0 Å². The monoisotopic (exact) mass is 294 g/mol. The zero-order valence-corrected chi connectivity index (χ0v) is 13.9. The SMILES string of the molecule is CCCc1nc(NCC)cc(NCCOCCC(C)C)n1. The molecule has 21 heavy (non-hydrogen) atoms. The van der Waals surface area contributed by atoms with E-state index in [-0.39, 0.29) is 0 Å². The molecule has 0 unspecified atom stereocenters. The molecular weight excluding hydrogens is 264 g/mol. The van der Waals surface area contributed by atoms with Crippen LogP contribution in [0, 0.1) is 5.92 Å². The van der Waals surface area contributed by atoms with E-state index in [0.717, 1.165) is 56.4 Å². The molecule has 0 atom stereocenters. The van der Waals surface area contributed by atoms with E-state index in [0.29, 0.717) is 12.5 Å². The smallest absolute Gasteiger partial charge is 0.133 e. The van der Waals surface area contributed by atoms with E-state index >= 15 is 0 Å². The Labute approximate surface area is 128 Å². The fourth-order valence-electron chi connectivity index (χ4n) is 1.87. The van der Waals surface area contributed by atoms with E-state index in [1.807, 2.05) is 6.07 Å². The minimum Gasteiger partial charge on any atom is -0.380 e. The lowest BCUT2D eigenvalue weighted by Gasteiger charge is -2.11. The molecule has 0 amide bonds. The topological polar surface area (TPSA) is 59.1 Å². The molecule has 1 aromatic heterocycles. The molecule has 5 heteroatoms. The average Bonchev–Trinajstić information content (AvgIpc) is 2.43. The lowest BCUT2D eigenvalue weighted by Crippen LogP contribution is -2.13. The largest absolute Gasteiger partial charge is 0.380 e. The zero-order valence-electron chi connectivity index (χ0n) is 13.9. The molecule has 5 nitrogen and oxygen atoms in total. The number of hydrogen-bond donors (Lipinski definition) is 2. The van der Waals surface area contributed by atoms with Crippen molar-refractivity contribution < 1.29 is 4.74 Å². The molecule has 0 aliphatic rings. The zero-order chi connectivity index (χ0) is 15.5. The second-order valence-corrected chi connectivity index (χ2v) is 5.56. The summed E-state index contributed by atoms with van der Waals surface area (Å²) in [7, 11) is 0. The van der Waals surface area contributed by atoms with Gasteiger partial charge in [0.2, 0.25) is 0 Å². The van der Waals surface area contributed by atoms with Gasteiger partial charge in [-0.25, -0.2) is 9.97 Å². The van der Waals surface area contributed by atoms with Crippen molar-refractivity contribution in [2.75, 3.05) is 36.9 Å². The van der Waals surface area contributed by atoms with Gasteiger partial charge >= 0.3 is 0 Å². The first kappa shape index (κ1) is 17.7. The molecule has 0 bridgehead atoms. The van der Waals surface area contributed by atoms with Crippen LogP contribution in [0.25, 0.3) is 0 Å².